The number of carbonyl (C=O) groups is 1. The molecule has 0 bridgehead atoms. The second kappa shape index (κ2) is 7.76. The molecule has 1 aliphatic rings. The van der Waals surface area contributed by atoms with E-state index in [1.165, 1.54) is 0 Å². The Morgan fingerprint density at radius 1 is 1.40 bits per heavy atom. The highest BCUT2D eigenvalue weighted by Crippen LogP contribution is 2.16. The van der Waals surface area contributed by atoms with Gasteiger partial charge < -0.3 is 14.4 Å². The number of piperidine rings is 1. The van der Waals surface area contributed by atoms with Crippen molar-refractivity contribution >= 4 is 21.8 Å². The molecule has 1 amide bonds. The van der Waals surface area contributed by atoms with E-state index in [9.17, 15) is 4.79 Å². The first-order chi connectivity index (χ1) is 9.69. The number of nitrogens with zero attached hydrogens (tertiary/aromatic N) is 1. The molecular formula is C15H20BrNO3. The quantitative estimate of drug-likeness (QED) is 0.826. The second-order valence-electron chi connectivity index (χ2n) is 4.97. The van der Waals surface area contributed by atoms with E-state index in [0.29, 0.717) is 13.2 Å². The van der Waals surface area contributed by atoms with Crippen molar-refractivity contribution in [3.8, 4) is 0 Å². The topological polar surface area (TPSA) is 38.8 Å². The van der Waals surface area contributed by atoms with Gasteiger partial charge in [-0.05, 0) is 30.5 Å². The third-order valence-corrected chi connectivity index (χ3v) is 3.93. The minimum absolute atomic E-state index is 0.0458. The molecule has 1 unspecified atom stereocenters. The Labute approximate surface area is 128 Å². The summed E-state index contributed by atoms with van der Waals surface area (Å²) in [5, 5.41) is 0. The van der Waals surface area contributed by atoms with Crippen molar-refractivity contribution in [1.29, 1.82) is 0 Å². The van der Waals surface area contributed by atoms with Gasteiger partial charge in [0.15, 0.2) is 0 Å². The van der Waals surface area contributed by atoms with Crippen molar-refractivity contribution in [2.45, 2.75) is 25.6 Å². The lowest BCUT2D eigenvalue weighted by Gasteiger charge is -2.32. The first-order valence-corrected chi connectivity index (χ1v) is 7.61. The lowest BCUT2D eigenvalue weighted by Crippen LogP contribution is -2.44. The third kappa shape index (κ3) is 4.58. The molecule has 2 rings (SSSR count). The number of benzene rings is 1. The van der Waals surface area contributed by atoms with Crippen molar-refractivity contribution in [2.24, 2.45) is 0 Å². The van der Waals surface area contributed by atoms with Gasteiger partial charge in [-0.1, -0.05) is 28.1 Å². The summed E-state index contributed by atoms with van der Waals surface area (Å²) in [7, 11) is 1.55. The van der Waals surface area contributed by atoms with E-state index < -0.39 is 0 Å². The molecule has 1 aromatic carbocycles. The van der Waals surface area contributed by atoms with Crippen LogP contribution in [0.1, 0.15) is 18.4 Å². The van der Waals surface area contributed by atoms with Gasteiger partial charge in [-0.25, -0.2) is 0 Å². The van der Waals surface area contributed by atoms with Gasteiger partial charge in [0, 0.05) is 24.7 Å². The number of methoxy groups -OCH3 is 1. The van der Waals surface area contributed by atoms with E-state index in [1.807, 2.05) is 29.2 Å². The van der Waals surface area contributed by atoms with Crippen LogP contribution in [0.2, 0.25) is 0 Å². The fourth-order valence-electron chi connectivity index (χ4n) is 2.31. The van der Waals surface area contributed by atoms with Crippen LogP contribution in [-0.2, 0) is 20.9 Å². The molecule has 1 saturated heterocycles. The van der Waals surface area contributed by atoms with E-state index >= 15 is 0 Å². The molecule has 0 aromatic heterocycles. The summed E-state index contributed by atoms with van der Waals surface area (Å²) in [6.45, 7) is 2.21. The van der Waals surface area contributed by atoms with E-state index in [4.69, 9.17) is 9.47 Å². The molecule has 1 atom stereocenters. The summed E-state index contributed by atoms with van der Waals surface area (Å²) in [4.78, 5) is 13.6. The maximum Gasteiger partial charge on any atom is 0.248 e. The highest BCUT2D eigenvalue weighted by Gasteiger charge is 2.23. The van der Waals surface area contributed by atoms with Crippen LogP contribution in [-0.4, -0.2) is 43.7 Å². The molecule has 1 aromatic rings. The molecule has 1 heterocycles. The van der Waals surface area contributed by atoms with E-state index in [1.54, 1.807) is 7.11 Å². The smallest absolute Gasteiger partial charge is 0.248 e. The van der Waals surface area contributed by atoms with Gasteiger partial charge in [-0.15, -0.1) is 0 Å². The first kappa shape index (κ1) is 15.5. The number of halogens is 1. The summed E-state index contributed by atoms with van der Waals surface area (Å²) in [6.07, 6.45) is 2.11. The molecule has 0 saturated carbocycles. The first-order valence-electron chi connectivity index (χ1n) is 6.82. The Morgan fingerprint density at radius 3 is 2.85 bits per heavy atom. The highest BCUT2D eigenvalue weighted by molar-refractivity contribution is 9.10. The molecule has 0 radical (unpaired) electrons. The van der Waals surface area contributed by atoms with Crippen LogP contribution in [0.3, 0.4) is 0 Å². The standard InChI is InChI=1S/C15H20BrNO3/c1-19-11-15(18)17-8-2-3-14(9-17)20-10-12-4-6-13(16)7-5-12/h4-7,14H,2-3,8-11H2,1H3. The summed E-state index contributed by atoms with van der Waals surface area (Å²) < 4.78 is 11.9. The van der Waals surface area contributed by atoms with Gasteiger partial charge in [0.2, 0.25) is 5.91 Å². The maximum atomic E-state index is 11.8. The van der Waals surface area contributed by atoms with Gasteiger partial charge in [-0.2, -0.15) is 0 Å². The number of rotatable bonds is 5. The molecule has 20 heavy (non-hydrogen) atoms. The molecule has 1 aliphatic heterocycles. The van der Waals surface area contributed by atoms with Crippen LogP contribution < -0.4 is 0 Å². The summed E-state index contributed by atoms with van der Waals surface area (Å²) in [5.74, 6) is 0.0458. The SMILES string of the molecule is COCC(=O)N1CCCC(OCc2ccc(Br)cc2)C1. The Kier molecular flexibility index (Phi) is 6.01. The molecule has 110 valence electrons. The lowest BCUT2D eigenvalue weighted by atomic mass is 10.1. The minimum atomic E-state index is 0.0458. The molecular weight excluding hydrogens is 322 g/mol. The molecule has 0 N–H and O–H groups in total. The van der Waals surface area contributed by atoms with Gasteiger partial charge >= 0.3 is 0 Å². The van der Waals surface area contributed by atoms with Crippen molar-refractivity contribution < 1.29 is 14.3 Å². The average Bonchev–Trinajstić information content (AvgIpc) is 2.47. The average molecular weight is 342 g/mol. The number of carbonyl (C=O) groups excluding carboxylic acids is 1. The van der Waals surface area contributed by atoms with Crippen LogP contribution >= 0.6 is 15.9 Å². The number of likely N-dealkylation sites (tertiary alicyclic amines) is 1. The fraction of sp³-hybridized carbons (Fsp3) is 0.533. The van der Waals surface area contributed by atoms with Crippen LogP contribution in [0.25, 0.3) is 0 Å². The Hall–Kier alpha value is -0.910. The Morgan fingerprint density at radius 2 is 2.15 bits per heavy atom. The van der Waals surface area contributed by atoms with E-state index in [0.717, 1.165) is 29.4 Å². The van der Waals surface area contributed by atoms with E-state index in [-0.39, 0.29) is 18.6 Å². The maximum absolute atomic E-state index is 11.8. The van der Waals surface area contributed by atoms with Crippen molar-refractivity contribution in [3.05, 3.63) is 34.3 Å². The number of hydrogen-bond acceptors (Lipinski definition) is 3. The zero-order chi connectivity index (χ0) is 14.4. The third-order valence-electron chi connectivity index (χ3n) is 3.40. The van der Waals surface area contributed by atoms with Gasteiger partial charge in [0.25, 0.3) is 0 Å². The number of hydrogen-bond donors (Lipinski definition) is 0. The number of ether oxygens (including phenoxy) is 2. The molecule has 5 heteroatoms. The zero-order valence-corrected chi connectivity index (χ0v) is 13.3. The van der Waals surface area contributed by atoms with Crippen LogP contribution in [0.15, 0.2) is 28.7 Å². The predicted molar refractivity (Wildman–Crippen MR) is 80.4 cm³/mol. The Balaban J connectivity index is 1.80. The molecule has 1 fully saturated rings. The second-order valence-corrected chi connectivity index (χ2v) is 5.89. The Bertz CT molecular complexity index is 435. The van der Waals surface area contributed by atoms with Crippen molar-refractivity contribution in [3.63, 3.8) is 0 Å². The highest BCUT2D eigenvalue weighted by atomic mass is 79.9. The molecule has 0 aliphatic carbocycles. The monoisotopic (exact) mass is 341 g/mol. The summed E-state index contributed by atoms with van der Waals surface area (Å²) >= 11 is 3.41. The normalized spacial score (nSPS) is 19.1. The lowest BCUT2D eigenvalue weighted by molar-refractivity contribution is -0.139. The summed E-state index contributed by atoms with van der Waals surface area (Å²) in [5.41, 5.74) is 1.15. The molecule has 4 nitrogen and oxygen atoms in total. The van der Waals surface area contributed by atoms with Gasteiger partial charge in [-0.3, -0.25) is 4.79 Å². The van der Waals surface area contributed by atoms with Crippen molar-refractivity contribution in [1.82, 2.24) is 4.90 Å². The van der Waals surface area contributed by atoms with Crippen LogP contribution in [0, 0.1) is 0 Å². The molecule has 0 spiro atoms. The van der Waals surface area contributed by atoms with Crippen molar-refractivity contribution in [2.75, 3.05) is 26.8 Å². The van der Waals surface area contributed by atoms with Crippen LogP contribution in [0.4, 0.5) is 0 Å². The van der Waals surface area contributed by atoms with Gasteiger partial charge in [0.05, 0.1) is 12.7 Å². The van der Waals surface area contributed by atoms with Crippen LogP contribution in [0.5, 0.6) is 0 Å². The predicted octanol–water partition coefficient (Wildman–Crippen LogP) is 2.60. The largest absolute Gasteiger partial charge is 0.375 e. The summed E-state index contributed by atoms with van der Waals surface area (Å²) in [6, 6.07) is 8.10. The van der Waals surface area contributed by atoms with E-state index in [2.05, 4.69) is 15.9 Å². The van der Waals surface area contributed by atoms with Gasteiger partial charge in [0.1, 0.15) is 6.61 Å². The zero-order valence-electron chi connectivity index (χ0n) is 11.7. The minimum Gasteiger partial charge on any atom is -0.375 e. The fourth-order valence-corrected chi connectivity index (χ4v) is 2.57. The number of amides is 1.